The molecule has 1 aliphatic rings. The Bertz CT molecular complexity index is 1050. The summed E-state index contributed by atoms with van der Waals surface area (Å²) >= 11 is 0. The van der Waals surface area contributed by atoms with Gasteiger partial charge in [-0.25, -0.2) is 4.98 Å². The van der Waals surface area contributed by atoms with Crippen molar-refractivity contribution in [1.29, 1.82) is 0 Å². The van der Waals surface area contributed by atoms with Gasteiger partial charge in [-0.15, -0.1) is 0 Å². The highest BCUT2D eigenvalue weighted by atomic mass is 16.5. The molecule has 0 saturated carbocycles. The number of piperidine rings is 1. The number of methoxy groups -OCH3 is 1. The first kappa shape index (κ1) is 22.1. The number of hydrogen-bond acceptors (Lipinski definition) is 5. The maximum Gasteiger partial charge on any atom is 0.252 e. The van der Waals surface area contributed by atoms with Gasteiger partial charge in [-0.05, 0) is 74.7 Å². The second kappa shape index (κ2) is 10.5. The van der Waals surface area contributed by atoms with Crippen molar-refractivity contribution in [3.63, 3.8) is 0 Å². The average Bonchev–Trinajstić information content (AvgIpc) is 2.82. The van der Waals surface area contributed by atoms with Crippen LogP contribution in [0.1, 0.15) is 36.5 Å². The predicted molar refractivity (Wildman–Crippen MR) is 130 cm³/mol. The Morgan fingerprint density at radius 3 is 2.78 bits per heavy atom. The second-order valence-corrected chi connectivity index (χ2v) is 8.58. The molecule has 1 unspecified atom stereocenters. The van der Waals surface area contributed by atoms with Crippen molar-refractivity contribution in [2.24, 2.45) is 5.92 Å². The Kier molecular flexibility index (Phi) is 7.22. The monoisotopic (exact) mass is 432 g/mol. The van der Waals surface area contributed by atoms with Crippen LogP contribution in [0.5, 0.6) is 5.75 Å². The van der Waals surface area contributed by atoms with E-state index < -0.39 is 0 Å². The summed E-state index contributed by atoms with van der Waals surface area (Å²) in [5.41, 5.74) is 2.31. The number of ether oxygens (including phenoxy) is 1. The zero-order valence-electron chi connectivity index (χ0n) is 18.9. The van der Waals surface area contributed by atoms with Gasteiger partial charge in [0.2, 0.25) is 0 Å². The lowest BCUT2D eigenvalue weighted by atomic mass is 10.0. The van der Waals surface area contributed by atoms with Crippen molar-refractivity contribution < 1.29 is 9.53 Å². The summed E-state index contributed by atoms with van der Waals surface area (Å²) in [5, 5.41) is 7.27. The Morgan fingerprint density at radius 2 is 2.00 bits per heavy atom. The highest BCUT2D eigenvalue weighted by molar-refractivity contribution is 6.07. The lowest BCUT2D eigenvalue weighted by Gasteiger charge is -2.30. The topological polar surface area (TPSA) is 66.5 Å². The summed E-state index contributed by atoms with van der Waals surface area (Å²) in [6.45, 7) is 6.37. The number of carbonyl (C=O) groups is 1. The molecule has 0 radical (unpaired) electrons. The van der Waals surface area contributed by atoms with Crippen LogP contribution in [0.15, 0.2) is 54.6 Å². The third kappa shape index (κ3) is 5.56. The molecule has 1 aliphatic heterocycles. The van der Waals surface area contributed by atoms with Gasteiger partial charge in [0.05, 0.1) is 18.2 Å². The number of pyridine rings is 1. The van der Waals surface area contributed by atoms with Crippen molar-refractivity contribution in [3.8, 4) is 5.75 Å². The minimum absolute atomic E-state index is 0.0617. The Hall–Kier alpha value is -3.12. The number of carbonyl (C=O) groups excluding carboxylic acids is 1. The van der Waals surface area contributed by atoms with E-state index in [2.05, 4.69) is 22.5 Å². The quantitative estimate of drug-likeness (QED) is 0.499. The molecule has 2 aromatic carbocycles. The molecule has 6 heteroatoms. The van der Waals surface area contributed by atoms with Gasteiger partial charge in [0.25, 0.3) is 5.91 Å². The molecule has 0 aliphatic carbocycles. The number of benzene rings is 2. The molecule has 1 amide bonds. The molecule has 2 heterocycles. The number of nitrogens with zero attached hydrogens (tertiary/aromatic N) is 2. The van der Waals surface area contributed by atoms with Gasteiger partial charge in [0.15, 0.2) is 0 Å². The van der Waals surface area contributed by atoms with E-state index in [1.165, 1.54) is 25.9 Å². The molecular formula is C26H32N4O2. The van der Waals surface area contributed by atoms with Crippen molar-refractivity contribution in [3.05, 3.63) is 60.2 Å². The molecule has 2 N–H and O–H groups in total. The van der Waals surface area contributed by atoms with Gasteiger partial charge < -0.3 is 20.3 Å². The van der Waals surface area contributed by atoms with Crippen LogP contribution in [0.3, 0.4) is 0 Å². The number of amides is 1. The van der Waals surface area contributed by atoms with E-state index in [1.54, 1.807) is 7.11 Å². The molecule has 168 valence electrons. The van der Waals surface area contributed by atoms with Crippen LogP contribution >= 0.6 is 0 Å². The summed E-state index contributed by atoms with van der Waals surface area (Å²) in [7, 11) is 1.64. The Labute approximate surface area is 190 Å². The number of rotatable bonds is 8. The first-order valence-corrected chi connectivity index (χ1v) is 11.4. The Morgan fingerprint density at radius 1 is 1.19 bits per heavy atom. The molecule has 1 saturated heterocycles. The molecule has 1 fully saturated rings. The number of aromatic nitrogens is 1. The van der Waals surface area contributed by atoms with Crippen LogP contribution in [-0.2, 0) is 0 Å². The molecule has 3 aromatic rings. The fourth-order valence-electron chi connectivity index (χ4n) is 4.34. The summed E-state index contributed by atoms with van der Waals surface area (Å²) in [6.07, 6.45) is 3.56. The fraction of sp³-hybridized carbons (Fsp3) is 0.385. The number of fused-ring (bicyclic) bond motifs is 1. The third-order valence-corrected chi connectivity index (χ3v) is 6.00. The molecule has 32 heavy (non-hydrogen) atoms. The van der Waals surface area contributed by atoms with E-state index in [0.29, 0.717) is 17.9 Å². The molecular weight excluding hydrogens is 400 g/mol. The first-order chi connectivity index (χ1) is 15.6. The van der Waals surface area contributed by atoms with Crippen LogP contribution in [-0.4, -0.2) is 49.1 Å². The fourth-order valence-corrected chi connectivity index (χ4v) is 4.34. The number of likely N-dealkylation sites (tertiary alicyclic amines) is 1. The minimum Gasteiger partial charge on any atom is -0.497 e. The summed E-state index contributed by atoms with van der Waals surface area (Å²) in [4.78, 5) is 20.3. The summed E-state index contributed by atoms with van der Waals surface area (Å²) < 4.78 is 5.22. The number of para-hydroxylation sites is 1. The van der Waals surface area contributed by atoms with Crippen LogP contribution < -0.4 is 15.4 Å². The normalized spacial score (nSPS) is 16.6. The van der Waals surface area contributed by atoms with E-state index in [4.69, 9.17) is 9.72 Å². The molecule has 0 bridgehead atoms. The lowest BCUT2D eigenvalue weighted by molar-refractivity contribution is 0.0951. The largest absolute Gasteiger partial charge is 0.497 e. The van der Waals surface area contributed by atoms with Gasteiger partial charge in [0.1, 0.15) is 11.6 Å². The minimum atomic E-state index is -0.0617. The van der Waals surface area contributed by atoms with Crippen LogP contribution in [0, 0.1) is 5.92 Å². The van der Waals surface area contributed by atoms with Crippen LogP contribution in [0.2, 0.25) is 0 Å². The molecule has 6 nitrogen and oxygen atoms in total. The first-order valence-electron chi connectivity index (χ1n) is 11.4. The third-order valence-electron chi connectivity index (χ3n) is 6.00. The van der Waals surface area contributed by atoms with Crippen molar-refractivity contribution >= 4 is 28.3 Å². The Balaban J connectivity index is 1.43. The van der Waals surface area contributed by atoms with Crippen LogP contribution in [0.25, 0.3) is 10.9 Å². The van der Waals surface area contributed by atoms with E-state index in [9.17, 15) is 4.79 Å². The highest BCUT2D eigenvalue weighted by Crippen LogP contribution is 2.24. The maximum atomic E-state index is 13.1. The van der Waals surface area contributed by atoms with E-state index >= 15 is 0 Å². The van der Waals surface area contributed by atoms with Crippen LogP contribution in [0.4, 0.5) is 11.5 Å². The van der Waals surface area contributed by atoms with Gasteiger partial charge >= 0.3 is 0 Å². The van der Waals surface area contributed by atoms with Crippen molar-refractivity contribution in [1.82, 2.24) is 15.2 Å². The van der Waals surface area contributed by atoms with Gasteiger partial charge in [-0.2, -0.15) is 0 Å². The van der Waals surface area contributed by atoms with Gasteiger partial charge in [-0.1, -0.05) is 25.1 Å². The second-order valence-electron chi connectivity index (χ2n) is 8.58. The van der Waals surface area contributed by atoms with E-state index in [-0.39, 0.29) is 5.91 Å². The molecule has 1 aromatic heterocycles. The SMILES string of the molecule is COc1ccc(Nc2cc(C(=O)NCCCN3CCCC(C)C3)c3ccccc3n2)cc1. The van der Waals surface area contributed by atoms with Crippen molar-refractivity contribution in [2.45, 2.75) is 26.2 Å². The van der Waals surface area contributed by atoms with Gasteiger partial charge in [-0.3, -0.25) is 4.79 Å². The zero-order chi connectivity index (χ0) is 22.3. The van der Waals surface area contributed by atoms with E-state index in [1.807, 2.05) is 54.6 Å². The predicted octanol–water partition coefficient (Wildman–Crippen LogP) is 4.84. The lowest BCUT2D eigenvalue weighted by Crippen LogP contribution is -2.36. The zero-order valence-corrected chi connectivity index (χ0v) is 18.9. The molecule has 1 atom stereocenters. The standard InChI is InChI=1S/C26H32N4O2/c1-19-7-5-15-30(18-19)16-6-14-27-26(31)23-17-25(29-24-9-4-3-8-22(23)24)28-20-10-12-21(32-2)13-11-20/h3-4,8-13,17,19H,5-7,14-16,18H2,1-2H3,(H,27,31)(H,28,29). The highest BCUT2D eigenvalue weighted by Gasteiger charge is 2.16. The summed E-state index contributed by atoms with van der Waals surface area (Å²) in [5.74, 6) is 2.15. The number of hydrogen-bond donors (Lipinski definition) is 2. The van der Waals surface area contributed by atoms with Crippen molar-refractivity contribution in [2.75, 3.05) is 38.6 Å². The smallest absolute Gasteiger partial charge is 0.252 e. The number of nitrogens with one attached hydrogen (secondary N) is 2. The molecule has 4 rings (SSSR count). The van der Waals surface area contributed by atoms with E-state index in [0.717, 1.165) is 41.2 Å². The summed E-state index contributed by atoms with van der Waals surface area (Å²) in [6, 6.07) is 17.2. The average molecular weight is 433 g/mol. The maximum absolute atomic E-state index is 13.1. The molecule has 0 spiro atoms. The number of anilines is 2. The van der Waals surface area contributed by atoms with Gasteiger partial charge in [0, 0.05) is 24.2 Å².